The SMILES string of the molecule is Cc1ncc2ccccc2c1-c1cc2c3c(cccc3c1)-c1c-2c(-c2ccccc2)c2ccccc2c1-c1ccccc1. The van der Waals surface area contributed by atoms with Crippen LogP contribution in [0.1, 0.15) is 5.69 Å². The molecule has 0 spiro atoms. The number of rotatable bonds is 3. The Bertz CT molecular complexity index is 2380. The first-order valence-corrected chi connectivity index (χ1v) is 14.9. The summed E-state index contributed by atoms with van der Waals surface area (Å²) in [4.78, 5) is 4.84. The lowest BCUT2D eigenvalue weighted by Gasteiger charge is -2.20. The highest BCUT2D eigenvalue weighted by atomic mass is 14.7. The maximum atomic E-state index is 4.84. The first-order valence-electron chi connectivity index (χ1n) is 14.9. The van der Waals surface area contributed by atoms with E-state index in [0.29, 0.717) is 0 Å². The zero-order valence-corrected chi connectivity index (χ0v) is 23.8. The van der Waals surface area contributed by atoms with Crippen molar-refractivity contribution in [1.82, 2.24) is 4.98 Å². The van der Waals surface area contributed by atoms with Crippen LogP contribution in [0, 0.1) is 6.92 Å². The Labute approximate surface area is 250 Å². The third-order valence-electron chi connectivity index (χ3n) is 9.13. The van der Waals surface area contributed by atoms with Gasteiger partial charge >= 0.3 is 0 Å². The number of fused-ring (bicyclic) bond motifs is 5. The van der Waals surface area contributed by atoms with Crippen LogP contribution >= 0.6 is 0 Å². The van der Waals surface area contributed by atoms with Crippen molar-refractivity contribution in [3.63, 3.8) is 0 Å². The summed E-state index contributed by atoms with van der Waals surface area (Å²) < 4.78 is 0. The highest BCUT2D eigenvalue weighted by molar-refractivity contribution is 6.28. The van der Waals surface area contributed by atoms with Crippen LogP contribution in [0.15, 0.2) is 146 Å². The van der Waals surface area contributed by atoms with E-state index < -0.39 is 0 Å². The van der Waals surface area contributed by atoms with E-state index >= 15 is 0 Å². The lowest BCUT2D eigenvalue weighted by atomic mass is 9.82. The maximum Gasteiger partial charge on any atom is 0.0457 e. The number of aryl methyl sites for hydroxylation is 1. The van der Waals surface area contributed by atoms with Gasteiger partial charge in [0, 0.05) is 22.8 Å². The Balaban J connectivity index is 1.49. The lowest BCUT2D eigenvalue weighted by Crippen LogP contribution is -1.94. The third kappa shape index (κ3) is 3.49. The Kier molecular flexibility index (Phi) is 5.18. The predicted octanol–water partition coefficient (Wildman–Crippen LogP) is 11.5. The fourth-order valence-corrected chi connectivity index (χ4v) is 7.39. The maximum absolute atomic E-state index is 4.84. The molecule has 1 heteroatoms. The summed E-state index contributed by atoms with van der Waals surface area (Å²) in [5.41, 5.74) is 13.8. The van der Waals surface area contributed by atoms with Gasteiger partial charge in [-0.3, -0.25) is 4.98 Å². The first kappa shape index (κ1) is 24.1. The van der Waals surface area contributed by atoms with Gasteiger partial charge in [-0.2, -0.15) is 0 Å². The van der Waals surface area contributed by atoms with Crippen molar-refractivity contribution < 1.29 is 0 Å². The summed E-state index contributed by atoms with van der Waals surface area (Å²) in [6, 6.07) is 51.0. The molecule has 1 aliphatic rings. The summed E-state index contributed by atoms with van der Waals surface area (Å²) in [5.74, 6) is 0. The molecule has 0 radical (unpaired) electrons. The molecule has 200 valence electrons. The van der Waals surface area contributed by atoms with E-state index in [-0.39, 0.29) is 0 Å². The zero-order chi connectivity index (χ0) is 28.5. The summed E-state index contributed by atoms with van der Waals surface area (Å²) in [6.45, 7) is 2.13. The van der Waals surface area contributed by atoms with Gasteiger partial charge in [-0.15, -0.1) is 0 Å². The molecule has 1 heterocycles. The molecule has 7 aromatic carbocycles. The average Bonchev–Trinajstić information content (AvgIpc) is 3.39. The molecule has 0 N–H and O–H groups in total. The van der Waals surface area contributed by atoms with Crippen molar-refractivity contribution in [3.05, 3.63) is 151 Å². The van der Waals surface area contributed by atoms with Crippen molar-refractivity contribution in [2.45, 2.75) is 6.92 Å². The molecule has 8 aromatic rings. The highest BCUT2D eigenvalue weighted by Gasteiger charge is 2.31. The van der Waals surface area contributed by atoms with Gasteiger partial charge in [0.15, 0.2) is 0 Å². The molecule has 0 saturated heterocycles. The summed E-state index contributed by atoms with van der Waals surface area (Å²) in [7, 11) is 0. The third-order valence-corrected chi connectivity index (χ3v) is 9.13. The molecule has 9 rings (SSSR count). The van der Waals surface area contributed by atoms with E-state index in [4.69, 9.17) is 4.98 Å². The monoisotopic (exact) mass is 545 g/mol. The Morgan fingerprint density at radius 2 is 0.953 bits per heavy atom. The minimum atomic E-state index is 1.05. The van der Waals surface area contributed by atoms with Crippen LogP contribution in [0.25, 0.3) is 88.0 Å². The summed E-state index contributed by atoms with van der Waals surface area (Å²) in [5, 5.41) is 7.55. The van der Waals surface area contributed by atoms with Gasteiger partial charge in [0.1, 0.15) is 0 Å². The van der Waals surface area contributed by atoms with Crippen molar-refractivity contribution >= 4 is 32.3 Å². The van der Waals surface area contributed by atoms with Gasteiger partial charge in [0.25, 0.3) is 0 Å². The zero-order valence-electron chi connectivity index (χ0n) is 23.8. The van der Waals surface area contributed by atoms with E-state index in [9.17, 15) is 0 Å². The fourth-order valence-electron chi connectivity index (χ4n) is 7.39. The van der Waals surface area contributed by atoms with Crippen molar-refractivity contribution in [2.24, 2.45) is 0 Å². The number of benzene rings is 7. The topological polar surface area (TPSA) is 12.9 Å². The molecule has 0 atom stereocenters. The first-order chi connectivity index (χ1) is 21.3. The Hall–Kier alpha value is -5.53. The van der Waals surface area contributed by atoms with Crippen LogP contribution in [-0.4, -0.2) is 4.98 Å². The molecule has 0 bridgehead atoms. The molecule has 0 amide bonds. The second-order valence-electron chi connectivity index (χ2n) is 11.5. The number of pyridine rings is 1. The number of hydrogen-bond donors (Lipinski definition) is 0. The van der Waals surface area contributed by atoms with Crippen LogP contribution < -0.4 is 0 Å². The number of nitrogens with zero attached hydrogens (tertiary/aromatic N) is 1. The number of aromatic nitrogens is 1. The molecule has 1 aromatic heterocycles. The molecule has 0 saturated carbocycles. The molecule has 43 heavy (non-hydrogen) atoms. The van der Waals surface area contributed by atoms with Crippen LogP contribution in [0.4, 0.5) is 0 Å². The van der Waals surface area contributed by atoms with Gasteiger partial charge < -0.3 is 0 Å². The molecule has 1 nitrogen and oxygen atoms in total. The van der Waals surface area contributed by atoms with Gasteiger partial charge in [0.05, 0.1) is 0 Å². The van der Waals surface area contributed by atoms with E-state index in [2.05, 4.69) is 146 Å². The lowest BCUT2D eigenvalue weighted by molar-refractivity contribution is 1.23. The quantitative estimate of drug-likeness (QED) is 0.215. The van der Waals surface area contributed by atoms with Crippen LogP contribution in [-0.2, 0) is 0 Å². The largest absolute Gasteiger partial charge is 0.260 e. The standard InChI is InChI=1S/C42H27N/c1-26-37(32-19-9-8-17-30(32)25-43-26)31-23-29-18-12-22-35-38(29)36(24-31)42-40(28-15-6-3-7-16-28)34-21-11-10-20-33(34)39(41(35)42)27-13-4-2-5-14-27/h2-25H,1H3. The highest BCUT2D eigenvalue weighted by Crippen LogP contribution is 2.58. The summed E-state index contributed by atoms with van der Waals surface area (Å²) >= 11 is 0. The van der Waals surface area contributed by atoms with E-state index in [1.54, 1.807) is 0 Å². The minimum Gasteiger partial charge on any atom is -0.260 e. The smallest absolute Gasteiger partial charge is 0.0457 e. The summed E-state index contributed by atoms with van der Waals surface area (Å²) in [6.07, 6.45) is 1.99. The average molecular weight is 546 g/mol. The molecule has 1 aliphatic carbocycles. The van der Waals surface area contributed by atoms with E-state index in [1.165, 1.54) is 82.6 Å². The van der Waals surface area contributed by atoms with E-state index in [1.807, 2.05) is 6.20 Å². The second-order valence-corrected chi connectivity index (χ2v) is 11.5. The van der Waals surface area contributed by atoms with Crippen LogP contribution in [0.2, 0.25) is 0 Å². The van der Waals surface area contributed by atoms with Gasteiger partial charge in [-0.05, 0) is 96.1 Å². The predicted molar refractivity (Wildman–Crippen MR) is 182 cm³/mol. The minimum absolute atomic E-state index is 1.05. The van der Waals surface area contributed by atoms with Crippen LogP contribution in [0.5, 0.6) is 0 Å². The molecule has 0 unspecified atom stereocenters. The van der Waals surface area contributed by atoms with Crippen molar-refractivity contribution in [2.75, 3.05) is 0 Å². The second kappa shape index (κ2) is 9.24. The van der Waals surface area contributed by atoms with Crippen molar-refractivity contribution in [1.29, 1.82) is 0 Å². The van der Waals surface area contributed by atoms with Gasteiger partial charge in [-0.1, -0.05) is 127 Å². The van der Waals surface area contributed by atoms with Gasteiger partial charge in [0.2, 0.25) is 0 Å². The Morgan fingerprint density at radius 3 is 1.63 bits per heavy atom. The fraction of sp³-hybridized carbons (Fsp3) is 0.0238. The van der Waals surface area contributed by atoms with Crippen LogP contribution in [0.3, 0.4) is 0 Å². The van der Waals surface area contributed by atoms with Gasteiger partial charge in [-0.25, -0.2) is 0 Å². The molecule has 0 fully saturated rings. The number of hydrogen-bond acceptors (Lipinski definition) is 1. The normalized spacial score (nSPS) is 11.8. The Morgan fingerprint density at radius 1 is 0.395 bits per heavy atom. The molecular formula is C42H27N. The molecular weight excluding hydrogens is 518 g/mol. The van der Waals surface area contributed by atoms with E-state index in [0.717, 1.165) is 11.1 Å². The molecule has 0 aliphatic heterocycles. The van der Waals surface area contributed by atoms with Crippen molar-refractivity contribution in [3.8, 4) is 55.6 Å².